The first kappa shape index (κ1) is 18.2. The van der Waals surface area contributed by atoms with Crippen LogP contribution in [0.25, 0.3) is 10.9 Å². The van der Waals surface area contributed by atoms with Crippen molar-refractivity contribution in [2.75, 3.05) is 0 Å². The molecule has 0 saturated carbocycles. The maximum Gasteiger partial charge on any atom is 0.252 e. The zero-order chi connectivity index (χ0) is 18.7. The fourth-order valence-electron chi connectivity index (χ4n) is 2.68. The molecule has 0 aliphatic carbocycles. The molecule has 0 unspecified atom stereocenters. The van der Waals surface area contributed by atoms with E-state index in [4.69, 9.17) is 28.9 Å². The van der Waals surface area contributed by atoms with Gasteiger partial charge in [-0.25, -0.2) is 0 Å². The number of pyridine rings is 1. The normalized spacial score (nSPS) is 11.9. The first-order chi connectivity index (χ1) is 12.5. The van der Waals surface area contributed by atoms with Gasteiger partial charge in [0.05, 0.1) is 11.1 Å². The summed E-state index contributed by atoms with van der Waals surface area (Å²) in [5.74, 6) is -1.09. The van der Waals surface area contributed by atoms with Gasteiger partial charge in [-0.05, 0) is 29.8 Å². The van der Waals surface area contributed by atoms with Gasteiger partial charge in [-0.1, -0.05) is 47.5 Å². The Morgan fingerprint density at radius 2 is 1.73 bits per heavy atom. The second-order valence-electron chi connectivity index (χ2n) is 5.71. The van der Waals surface area contributed by atoms with E-state index in [1.807, 2.05) is 12.1 Å². The molecule has 2 aromatic carbocycles. The first-order valence-electron chi connectivity index (χ1n) is 7.84. The number of nitrogens with one attached hydrogen (secondary N) is 1. The Balaban J connectivity index is 1.88. The molecule has 2 amide bonds. The molecule has 3 N–H and O–H groups in total. The van der Waals surface area contributed by atoms with Gasteiger partial charge in [-0.2, -0.15) is 0 Å². The number of primary amides is 1. The second kappa shape index (κ2) is 7.72. The average molecular weight is 388 g/mol. The van der Waals surface area contributed by atoms with Crippen LogP contribution >= 0.6 is 23.2 Å². The Labute approximate surface area is 160 Å². The van der Waals surface area contributed by atoms with Gasteiger partial charge in [0, 0.05) is 28.0 Å². The van der Waals surface area contributed by atoms with Crippen molar-refractivity contribution in [3.63, 3.8) is 0 Å². The summed E-state index contributed by atoms with van der Waals surface area (Å²) in [5.41, 5.74) is 7.12. The zero-order valence-electron chi connectivity index (χ0n) is 13.6. The highest BCUT2D eigenvalue weighted by Crippen LogP contribution is 2.25. The highest BCUT2D eigenvalue weighted by atomic mass is 35.5. The Morgan fingerprint density at radius 1 is 1.04 bits per heavy atom. The lowest BCUT2D eigenvalue weighted by molar-refractivity contribution is -0.119. The van der Waals surface area contributed by atoms with E-state index in [1.54, 1.807) is 42.6 Å². The van der Waals surface area contributed by atoms with Crippen molar-refractivity contribution < 1.29 is 9.59 Å². The Kier molecular flexibility index (Phi) is 5.40. The summed E-state index contributed by atoms with van der Waals surface area (Å²) < 4.78 is 0. The third-order valence-electron chi connectivity index (χ3n) is 4.01. The Morgan fingerprint density at radius 3 is 2.42 bits per heavy atom. The minimum Gasteiger partial charge on any atom is -0.368 e. The largest absolute Gasteiger partial charge is 0.368 e. The zero-order valence-corrected chi connectivity index (χ0v) is 15.1. The van der Waals surface area contributed by atoms with E-state index in [2.05, 4.69) is 10.3 Å². The fourth-order valence-corrected chi connectivity index (χ4v) is 3.24. The number of halogens is 2. The second-order valence-corrected chi connectivity index (χ2v) is 6.52. The minimum atomic E-state index is -0.952. The predicted octanol–water partition coefficient (Wildman–Crippen LogP) is 3.37. The fraction of sp³-hybridized carbons (Fsp3) is 0.105. The molecule has 3 aromatic rings. The maximum atomic E-state index is 12.7. The minimum absolute atomic E-state index is 0.0998. The van der Waals surface area contributed by atoms with Crippen molar-refractivity contribution in [2.45, 2.75) is 12.5 Å². The third-order valence-corrected chi connectivity index (χ3v) is 4.72. The van der Waals surface area contributed by atoms with Crippen LogP contribution in [0.1, 0.15) is 15.9 Å². The highest BCUT2D eigenvalue weighted by molar-refractivity contribution is 6.36. The summed E-state index contributed by atoms with van der Waals surface area (Å²) in [5, 5.41) is 4.18. The maximum absolute atomic E-state index is 12.7. The number of carbonyl (C=O) groups is 2. The van der Waals surface area contributed by atoms with E-state index in [9.17, 15) is 9.59 Å². The molecule has 1 atom stereocenters. The van der Waals surface area contributed by atoms with Crippen LogP contribution in [0.15, 0.2) is 54.7 Å². The van der Waals surface area contributed by atoms with Gasteiger partial charge in [0.25, 0.3) is 5.91 Å². The molecule has 0 spiro atoms. The van der Waals surface area contributed by atoms with Crippen molar-refractivity contribution in [1.82, 2.24) is 10.3 Å². The molecule has 5 nitrogen and oxygen atoms in total. The van der Waals surface area contributed by atoms with E-state index < -0.39 is 17.9 Å². The lowest BCUT2D eigenvalue weighted by Crippen LogP contribution is -2.46. The first-order valence-corrected chi connectivity index (χ1v) is 8.60. The van der Waals surface area contributed by atoms with E-state index >= 15 is 0 Å². The van der Waals surface area contributed by atoms with Crippen LogP contribution in [0.5, 0.6) is 0 Å². The van der Waals surface area contributed by atoms with Gasteiger partial charge >= 0.3 is 0 Å². The van der Waals surface area contributed by atoms with Crippen molar-refractivity contribution in [3.05, 3.63) is 75.9 Å². The molecule has 3 rings (SSSR count). The highest BCUT2D eigenvalue weighted by Gasteiger charge is 2.22. The van der Waals surface area contributed by atoms with Crippen LogP contribution in [0.3, 0.4) is 0 Å². The summed E-state index contributed by atoms with van der Waals surface area (Å²) in [6, 6.07) is 12.9. The van der Waals surface area contributed by atoms with Crippen molar-refractivity contribution in [2.24, 2.45) is 5.73 Å². The van der Waals surface area contributed by atoms with Gasteiger partial charge in [0.15, 0.2) is 0 Å². The number of carbonyl (C=O) groups excluding carboxylic acids is 2. The van der Waals surface area contributed by atoms with E-state index in [-0.39, 0.29) is 6.42 Å². The molecule has 7 heteroatoms. The summed E-state index contributed by atoms with van der Waals surface area (Å²) in [4.78, 5) is 28.8. The summed E-state index contributed by atoms with van der Waals surface area (Å²) in [6.45, 7) is 0. The number of fused-ring (bicyclic) bond motifs is 1. The van der Waals surface area contributed by atoms with Gasteiger partial charge in [0.2, 0.25) is 5.91 Å². The third kappa shape index (κ3) is 3.79. The molecule has 0 fully saturated rings. The Bertz CT molecular complexity index is 966. The van der Waals surface area contributed by atoms with Gasteiger partial charge < -0.3 is 11.1 Å². The number of nitrogens with two attached hydrogens (primary N) is 1. The molecular formula is C19H15Cl2N3O2. The van der Waals surface area contributed by atoms with Crippen molar-refractivity contribution in [3.8, 4) is 0 Å². The van der Waals surface area contributed by atoms with Crippen LogP contribution in [-0.2, 0) is 11.2 Å². The number of aromatic nitrogens is 1. The molecule has 1 heterocycles. The monoisotopic (exact) mass is 387 g/mol. The SMILES string of the molecule is NC(=O)[C@H](Cc1c(Cl)cccc1Cl)NC(=O)c1ccnc2ccccc12. The number of nitrogens with zero attached hydrogens (tertiary/aromatic N) is 1. The quantitative estimate of drug-likeness (QED) is 0.703. The number of hydrogen-bond donors (Lipinski definition) is 2. The van der Waals surface area contributed by atoms with Crippen LogP contribution < -0.4 is 11.1 Å². The summed E-state index contributed by atoms with van der Waals surface area (Å²) >= 11 is 12.3. The number of para-hydroxylation sites is 1. The van der Waals surface area contributed by atoms with Crippen LogP contribution in [0.4, 0.5) is 0 Å². The molecular weight excluding hydrogens is 373 g/mol. The topological polar surface area (TPSA) is 85.1 Å². The molecule has 0 bridgehead atoms. The molecule has 0 aliphatic heterocycles. The molecule has 132 valence electrons. The summed E-state index contributed by atoms with van der Waals surface area (Å²) in [7, 11) is 0. The summed E-state index contributed by atoms with van der Waals surface area (Å²) in [6.07, 6.45) is 1.64. The Hall–Kier alpha value is -2.63. The van der Waals surface area contributed by atoms with Gasteiger partial charge in [0.1, 0.15) is 6.04 Å². The van der Waals surface area contributed by atoms with E-state index in [1.165, 1.54) is 0 Å². The molecule has 0 aliphatic rings. The standard InChI is InChI=1S/C19H15Cl2N3O2/c20-14-5-3-6-15(21)13(14)10-17(18(22)25)24-19(26)12-8-9-23-16-7-2-1-4-11(12)16/h1-9,17H,10H2,(H2,22,25)(H,24,26)/t17-/m0/s1. The van der Waals surface area contributed by atoms with Gasteiger partial charge in [-0.15, -0.1) is 0 Å². The molecule has 1 aromatic heterocycles. The van der Waals surface area contributed by atoms with Crippen molar-refractivity contribution >= 4 is 45.9 Å². The van der Waals surface area contributed by atoms with Crippen LogP contribution in [0.2, 0.25) is 10.0 Å². The van der Waals surface area contributed by atoms with Gasteiger partial charge in [-0.3, -0.25) is 14.6 Å². The predicted molar refractivity (Wildman–Crippen MR) is 102 cm³/mol. The lowest BCUT2D eigenvalue weighted by atomic mass is 10.0. The van der Waals surface area contributed by atoms with Crippen LogP contribution in [-0.4, -0.2) is 22.8 Å². The molecule has 0 saturated heterocycles. The lowest BCUT2D eigenvalue weighted by Gasteiger charge is -2.17. The number of hydrogen-bond acceptors (Lipinski definition) is 3. The molecule has 0 radical (unpaired) electrons. The number of rotatable bonds is 5. The number of amides is 2. The van der Waals surface area contributed by atoms with Crippen LogP contribution in [0, 0.1) is 0 Å². The average Bonchev–Trinajstić information content (AvgIpc) is 2.63. The van der Waals surface area contributed by atoms with E-state index in [0.717, 1.165) is 0 Å². The smallest absolute Gasteiger partial charge is 0.252 e. The van der Waals surface area contributed by atoms with E-state index in [0.29, 0.717) is 32.1 Å². The molecule has 26 heavy (non-hydrogen) atoms. The van der Waals surface area contributed by atoms with Crippen molar-refractivity contribution in [1.29, 1.82) is 0 Å². The number of benzene rings is 2.